The molecule has 0 saturated carbocycles. The standard InChI is InChI=1S/C28H33N3O4S/c1-22-6-10-25(11-7-22)31(36(33,34)27-16-14-26(35-2)15-17-27)21-28(32)29-20-23-8-12-24(13-9-23)30-18-4-3-5-19-30/h6-17H,3-5,18-21H2,1-2H3,(H,29,32). The number of amides is 1. The van der Waals surface area contributed by atoms with Crippen molar-refractivity contribution in [2.45, 2.75) is 37.6 Å². The summed E-state index contributed by atoms with van der Waals surface area (Å²) < 4.78 is 33.3. The maximum atomic E-state index is 13.5. The van der Waals surface area contributed by atoms with Gasteiger partial charge in [0.2, 0.25) is 5.91 Å². The molecule has 7 nitrogen and oxygen atoms in total. The zero-order valence-electron chi connectivity index (χ0n) is 20.8. The van der Waals surface area contributed by atoms with Gasteiger partial charge in [0, 0.05) is 25.3 Å². The molecule has 1 aliphatic rings. The number of hydrogen-bond acceptors (Lipinski definition) is 5. The second-order valence-corrected chi connectivity index (χ2v) is 10.9. The van der Waals surface area contributed by atoms with Gasteiger partial charge in [0.25, 0.3) is 10.0 Å². The summed E-state index contributed by atoms with van der Waals surface area (Å²) in [5.74, 6) is 0.174. The van der Waals surface area contributed by atoms with Crippen molar-refractivity contribution in [1.82, 2.24) is 5.32 Å². The summed E-state index contributed by atoms with van der Waals surface area (Å²) in [7, 11) is -2.46. The fourth-order valence-electron chi connectivity index (χ4n) is 4.26. The van der Waals surface area contributed by atoms with Gasteiger partial charge in [-0.05, 0) is 80.3 Å². The Kier molecular flexibility index (Phi) is 8.15. The molecule has 36 heavy (non-hydrogen) atoms. The second-order valence-electron chi connectivity index (χ2n) is 9.01. The van der Waals surface area contributed by atoms with E-state index in [0.717, 1.165) is 28.5 Å². The van der Waals surface area contributed by atoms with Crippen LogP contribution in [-0.4, -0.2) is 41.1 Å². The van der Waals surface area contributed by atoms with E-state index in [9.17, 15) is 13.2 Å². The molecular weight excluding hydrogens is 474 g/mol. The van der Waals surface area contributed by atoms with Crippen LogP contribution < -0.4 is 19.3 Å². The molecule has 1 fully saturated rings. The highest BCUT2D eigenvalue weighted by molar-refractivity contribution is 7.92. The van der Waals surface area contributed by atoms with Gasteiger partial charge in [0.15, 0.2) is 0 Å². The number of carbonyl (C=O) groups excluding carboxylic acids is 1. The van der Waals surface area contributed by atoms with Crippen LogP contribution in [0.3, 0.4) is 0 Å². The van der Waals surface area contributed by atoms with Crippen LogP contribution in [0.1, 0.15) is 30.4 Å². The lowest BCUT2D eigenvalue weighted by atomic mass is 10.1. The molecular formula is C28H33N3O4S. The second kappa shape index (κ2) is 11.5. The highest BCUT2D eigenvalue weighted by Crippen LogP contribution is 2.25. The summed E-state index contributed by atoms with van der Waals surface area (Å²) in [5.41, 5.74) is 3.58. The monoisotopic (exact) mass is 507 g/mol. The first-order valence-electron chi connectivity index (χ1n) is 12.2. The number of aryl methyl sites for hydroxylation is 1. The molecule has 0 aliphatic carbocycles. The lowest BCUT2D eigenvalue weighted by molar-refractivity contribution is -0.119. The number of nitrogens with one attached hydrogen (secondary N) is 1. The van der Waals surface area contributed by atoms with Crippen LogP contribution in [-0.2, 0) is 21.4 Å². The van der Waals surface area contributed by atoms with Crippen molar-refractivity contribution in [3.63, 3.8) is 0 Å². The van der Waals surface area contributed by atoms with Gasteiger partial charge in [-0.1, -0.05) is 29.8 Å². The van der Waals surface area contributed by atoms with Crippen LogP contribution >= 0.6 is 0 Å². The molecule has 0 atom stereocenters. The number of methoxy groups -OCH3 is 1. The quantitative estimate of drug-likeness (QED) is 0.461. The van der Waals surface area contributed by atoms with E-state index in [1.54, 1.807) is 24.3 Å². The van der Waals surface area contributed by atoms with E-state index in [-0.39, 0.29) is 17.3 Å². The molecule has 0 bridgehead atoms. The Bertz CT molecular complexity index is 1250. The number of sulfonamides is 1. The summed E-state index contributed by atoms with van der Waals surface area (Å²) in [5, 5.41) is 2.87. The minimum absolute atomic E-state index is 0.0879. The average Bonchev–Trinajstić information content (AvgIpc) is 2.92. The highest BCUT2D eigenvalue weighted by Gasteiger charge is 2.27. The summed E-state index contributed by atoms with van der Waals surface area (Å²) in [4.78, 5) is 15.4. The van der Waals surface area contributed by atoms with Crippen LogP contribution in [0, 0.1) is 6.92 Å². The number of anilines is 2. The Labute approximate surface area is 213 Å². The van der Waals surface area contributed by atoms with Crippen molar-refractivity contribution in [3.8, 4) is 5.75 Å². The lowest BCUT2D eigenvalue weighted by Crippen LogP contribution is -2.40. The maximum Gasteiger partial charge on any atom is 0.264 e. The fraction of sp³-hybridized carbons (Fsp3) is 0.321. The van der Waals surface area contributed by atoms with E-state index in [1.165, 1.54) is 44.2 Å². The molecule has 0 spiro atoms. The smallest absolute Gasteiger partial charge is 0.264 e. The van der Waals surface area contributed by atoms with E-state index in [4.69, 9.17) is 4.74 Å². The number of carbonyl (C=O) groups is 1. The van der Waals surface area contributed by atoms with Gasteiger partial charge in [-0.15, -0.1) is 0 Å². The van der Waals surface area contributed by atoms with Gasteiger partial charge in [-0.25, -0.2) is 8.42 Å². The third kappa shape index (κ3) is 6.18. The van der Waals surface area contributed by atoms with Crippen molar-refractivity contribution in [2.24, 2.45) is 0 Å². The predicted molar refractivity (Wildman–Crippen MR) is 143 cm³/mol. The van der Waals surface area contributed by atoms with Crippen molar-refractivity contribution >= 4 is 27.3 Å². The normalized spacial score (nSPS) is 13.8. The molecule has 190 valence electrons. The first-order valence-corrected chi connectivity index (χ1v) is 13.6. The van der Waals surface area contributed by atoms with Crippen LogP contribution in [0.5, 0.6) is 5.75 Å². The summed E-state index contributed by atoms with van der Waals surface area (Å²) in [6, 6.07) is 21.4. The maximum absolute atomic E-state index is 13.5. The molecule has 0 unspecified atom stereocenters. The van der Waals surface area contributed by atoms with Crippen molar-refractivity contribution in [3.05, 3.63) is 83.9 Å². The van der Waals surface area contributed by atoms with E-state index in [2.05, 4.69) is 22.3 Å². The number of benzene rings is 3. The molecule has 1 aliphatic heterocycles. The SMILES string of the molecule is COc1ccc(S(=O)(=O)N(CC(=O)NCc2ccc(N3CCCCC3)cc2)c2ccc(C)cc2)cc1. The zero-order valence-corrected chi connectivity index (χ0v) is 21.6. The Balaban J connectivity index is 1.46. The highest BCUT2D eigenvalue weighted by atomic mass is 32.2. The number of piperidine rings is 1. The third-order valence-corrected chi connectivity index (χ3v) is 8.19. The number of rotatable bonds is 9. The van der Waals surface area contributed by atoms with E-state index < -0.39 is 10.0 Å². The Morgan fingerprint density at radius 3 is 2.17 bits per heavy atom. The average molecular weight is 508 g/mol. The van der Waals surface area contributed by atoms with Gasteiger partial charge in [0.1, 0.15) is 12.3 Å². The molecule has 3 aromatic carbocycles. The molecule has 3 aromatic rings. The summed E-state index contributed by atoms with van der Waals surface area (Å²) in [6.07, 6.45) is 3.72. The van der Waals surface area contributed by atoms with Crippen molar-refractivity contribution < 1.29 is 17.9 Å². The van der Waals surface area contributed by atoms with Gasteiger partial charge in [0.05, 0.1) is 17.7 Å². The molecule has 8 heteroatoms. The lowest BCUT2D eigenvalue weighted by Gasteiger charge is -2.28. The van der Waals surface area contributed by atoms with Gasteiger partial charge < -0.3 is 15.0 Å². The third-order valence-electron chi connectivity index (χ3n) is 6.40. The largest absolute Gasteiger partial charge is 0.497 e. The minimum atomic E-state index is -3.98. The molecule has 1 heterocycles. The summed E-state index contributed by atoms with van der Waals surface area (Å²) in [6.45, 7) is 4.07. The topological polar surface area (TPSA) is 79.0 Å². The molecule has 1 amide bonds. The Morgan fingerprint density at radius 2 is 1.56 bits per heavy atom. The molecule has 1 N–H and O–H groups in total. The molecule has 0 radical (unpaired) electrons. The Morgan fingerprint density at radius 1 is 0.917 bits per heavy atom. The van der Waals surface area contributed by atoms with Gasteiger partial charge in [-0.2, -0.15) is 0 Å². The summed E-state index contributed by atoms with van der Waals surface area (Å²) >= 11 is 0. The van der Waals surface area contributed by atoms with Crippen molar-refractivity contribution in [1.29, 1.82) is 0 Å². The first-order chi connectivity index (χ1) is 17.4. The van der Waals surface area contributed by atoms with E-state index in [0.29, 0.717) is 18.0 Å². The first kappa shape index (κ1) is 25.6. The number of nitrogens with zero attached hydrogens (tertiary/aromatic N) is 2. The van der Waals surface area contributed by atoms with E-state index >= 15 is 0 Å². The van der Waals surface area contributed by atoms with E-state index in [1.807, 2.05) is 31.2 Å². The van der Waals surface area contributed by atoms with Gasteiger partial charge in [-0.3, -0.25) is 9.10 Å². The Hall–Kier alpha value is -3.52. The fourth-order valence-corrected chi connectivity index (χ4v) is 5.69. The van der Waals surface area contributed by atoms with Crippen LogP contribution in [0.25, 0.3) is 0 Å². The number of hydrogen-bond donors (Lipinski definition) is 1. The predicted octanol–water partition coefficient (Wildman–Crippen LogP) is 4.51. The van der Waals surface area contributed by atoms with Crippen molar-refractivity contribution in [2.75, 3.05) is 35.9 Å². The molecule has 4 rings (SSSR count). The van der Waals surface area contributed by atoms with Crippen LogP contribution in [0.2, 0.25) is 0 Å². The van der Waals surface area contributed by atoms with Crippen LogP contribution in [0.4, 0.5) is 11.4 Å². The van der Waals surface area contributed by atoms with Crippen LogP contribution in [0.15, 0.2) is 77.7 Å². The minimum Gasteiger partial charge on any atom is -0.497 e. The molecule has 0 aromatic heterocycles. The van der Waals surface area contributed by atoms with Gasteiger partial charge >= 0.3 is 0 Å². The molecule has 1 saturated heterocycles. The number of ether oxygens (including phenoxy) is 1. The zero-order chi connectivity index (χ0) is 25.5.